The Morgan fingerprint density at radius 1 is 0.839 bits per heavy atom. The molecule has 3 atom stereocenters. The van der Waals surface area contributed by atoms with Gasteiger partial charge in [0.15, 0.2) is 0 Å². The first-order valence-electron chi connectivity index (χ1n) is 10.9. The summed E-state index contributed by atoms with van der Waals surface area (Å²) in [4.78, 5) is 0. The molecule has 0 saturated carbocycles. The van der Waals surface area contributed by atoms with Crippen molar-refractivity contribution in [2.75, 3.05) is 19.5 Å². The van der Waals surface area contributed by atoms with E-state index < -0.39 is 0 Å². The van der Waals surface area contributed by atoms with Crippen LogP contribution >= 0.6 is 0 Å². The van der Waals surface area contributed by atoms with Gasteiger partial charge < -0.3 is 14.8 Å². The maximum atomic E-state index is 5.80. The van der Waals surface area contributed by atoms with Crippen LogP contribution in [0.5, 0.6) is 11.5 Å². The third kappa shape index (κ3) is 2.73. The molecule has 2 aliphatic rings. The van der Waals surface area contributed by atoms with E-state index in [4.69, 9.17) is 9.47 Å². The number of hydrogen-bond acceptors (Lipinski definition) is 3. The topological polar surface area (TPSA) is 30.5 Å². The molecule has 4 aromatic carbocycles. The molecule has 0 aromatic heterocycles. The monoisotopic (exact) mass is 407 g/mol. The van der Waals surface area contributed by atoms with E-state index in [1.807, 2.05) is 6.07 Å². The van der Waals surface area contributed by atoms with E-state index in [9.17, 15) is 0 Å². The summed E-state index contributed by atoms with van der Waals surface area (Å²) in [7, 11) is 3.44. The van der Waals surface area contributed by atoms with E-state index in [2.05, 4.69) is 78.1 Å². The normalized spacial score (nSPS) is 21.5. The van der Waals surface area contributed by atoms with Crippen molar-refractivity contribution in [3.8, 4) is 11.5 Å². The fraction of sp³-hybridized carbons (Fsp3) is 0.214. The van der Waals surface area contributed by atoms with Crippen LogP contribution in [-0.2, 0) is 0 Å². The highest BCUT2D eigenvalue weighted by molar-refractivity contribution is 6.03. The number of rotatable bonds is 3. The molecule has 0 spiro atoms. The van der Waals surface area contributed by atoms with Gasteiger partial charge in [-0.2, -0.15) is 0 Å². The number of anilines is 1. The van der Waals surface area contributed by atoms with Gasteiger partial charge in [-0.3, -0.25) is 0 Å². The molecule has 0 saturated heterocycles. The van der Waals surface area contributed by atoms with Crippen LogP contribution in [0.25, 0.3) is 21.5 Å². The lowest BCUT2D eigenvalue weighted by atomic mass is 9.75. The SMILES string of the molecule is COc1cc(OC)c2c(c1)[C@@H]1C=CC[C@@H]1[C@H](c1c3ccccc3cc3ccccc13)N2. The molecule has 6 rings (SSSR count). The van der Waals surface area contributed by atoms with E-state index in [0.717, 1.165) is 23.6 Å². The van der Waals surface area contributed by atoms with Gasteiger partial charge in [-0.25, -0.2) is 0 Å². The zero-order valence-corrected chi connectivity index (χ0v) is 17.8. The Hall–Kier alpha value is -3.46. The lowest BCUT2D eigenvalue weighted by molar-refractivity contribution is 0.382. The summed E-state index contributed by atoms with van der Waals surface area (Å²) in [6, 6.07) is 24.1. The molecular formula is C28H25NO2. The van der Waals surface area contributed by atoms with Gasteiger partial charge in [-0.1, -0.05) is 60.7 Å². The number of fused-ring (bicyclic) bond motifs is 5. The van der Waals surface area contributed by atoms with Crippen LogP contribution in [0.4, 0.5) is 5.69 Å². The molecule has 0 fully saturated rings. The summed E-state index contributed by atoms with van der Waals surface area (Å²) in [5.41, 5.74) is 3.73. The van der Waals surface area contributed by atoms with Crippen molar-refractivity contribution in [1.82, 2.24) is 0 Å². The number of ether oxygens (including phenoxy) is 2. The quantitative estimate of drug-likeness (QED) is 0.298. The van der Waals surface area contributed by atoms with Crippen molar-refractivity contribution in [2.45, 2.75) is 18.4 Å². The van der Waals surface area contributed by atoms with Crippen LogP contribution in [0.1, 0.15) is 29.5 Å². The molecule has 31 heavy (non-hydrogen) atoms. The van der Waals surface area contributed by atoms with Gasteiger partial charge in [0.25, 0.3) is 0 Å². The second-order valence-electron chi connectivity index (χ2n) is 8.50. The van der Waals surface area contributed by atoms with Crippen molar-refractivity contribution in [1.29, 1.82) is 0 Å². The predicted octanol–water partition coefficient (Wildman–Crippen LogP) is 6.84. The Kier molecular flexibility index (Phi) is 4.17. The van der Waals surface area contributed by atoms with Crippen LogP contribution in [0.3, 0.4) is 0 Å². The van der Waals surface area contributed by atoms with Gasteiger partial charge in [0.1, 0.15) is 11.5 Å². The molecule has 154 valence electrons. The van der Waals surface area contributed by atoms with Crippen molar-refractivity contribution in [2.24, 2.45) is 5.92 Å². The molecule has 3 nitrogen and oxygen atoms in total. The molecule has 4 aromatic rings. The van der Waals surface area contributed by atoms with Gasteiger partial charge in [0.2, 0.25) is 0 Å². The number of methoxy groups -OCH3 is 2. The molecular weight excluding hydrogens is 382 g/mol. The first-order chi connectivity index (χ1) is 15.3. The van der Waals surface area contributed by atoms with E-state index in [0.29, 0.717) is 11.8 Å². The third-order valence-electron chi connectivity index (χ3n) is 6.99. The number of nitrogens with one attached hydrogen (secondary N) is 1. The molecule has 1 aliphatic heterocycles. The molecule has 1 heterocycles. The maximum absolute atomic E-state index is 5.80. The fourth-order valence-electron chi connectivity index (χ4n) is 5.59. The zero-order chi connectivity index (χ0) is 20.9. The lowest BCUT2D eigenvalue weighted by Crippen LogP contribution is -2.29. The summed E-state index contributed by atoms with van der Waals surface area (Å²) in [5.74, 6) is 2.45. The molecule has 0 unspecified atom stereocenters. The van der Waals surface area contributed by atoms with E-state index in [-0.39, 0.29) is 6.04 Å². The second kappa shape index (κ2) is 7.05. The maximum Gasteiger partial charge on any atom is 0.145 e. The Morgan fingerprint density at radius 3 is 2.23 bits per heavy atom. The number of hydrogen-bond donors (Lipinski definition) is 1. The Balaban J connectivity index is 1.63. The third-order valence-corrected chi connectivity index (χ3v) is 6.99. The van der Waals surface area contributed by atoms with Gasteiger partial charge in [-0.15, -0.1) is 0 Å². The van der Waals surface area contributed by atoms with Gasteiger partial charge in [-0.05, 0) is 57.1 Å². The Bertz CT molecular complexity index is 1290. The summed E-state index contributed by atoms with van der Waals surface area (Å²) < 4.78 is 11.4. The van der Waals surface area contributed by atoms with E-state index in [1.165, 1.54) is 32.7 Å². The predicted molar refractivity (Wildman–Crippen MR) is 127 cm³/mol. The minimum atomic E-state index is 0.186. The highest BCUT2D eigenvalue weighted by Crippen LogP contribution is 2.54. The smallest absolute Gasteiger partial charge is 0.145 e. The molecule has 0 bridgehead atoms. The van der Waals surface area contributed by atoms with Crippen LogP contribution in [0.15, 0.2) is 78.9 Å². The number of allylic oxidation sites excluding steroid dienone is 2. The highest BCUT2D eigenvalue weighted by atomic mass is 16.5. The molecule has 1 aliphatic carbocycles. The summed E-state index contributed by atoms with van der Waals surface area (Å²) in [6.07, 6.45) is 5.75. The average Bonchev–Trinajstić information content (AvgIpc) is 3.32. The minimum Gasteiger partial charge on any atom is -0.497 e. The molecule has 1 N–H and O–H groups in total. The van der Waals surface area contributed by atoms with Crippen LogP contribution in [0, 0.1) is 5.92 Å². The van der Waals surface area contributed by atoms with Crippen molar-refractivity contribution >= 4 is 27.2 Å². The lowest BCUT2D eigenvalue weighted by Gasteiger charge is -2.39. The Labute approximate surface area is 182 Å². The summed E-state index contributed by atoms with van der Waals surface area (Å²) in [5, 5.41) is 9.13. The highest BCUT2D eigenvalue weighted by Gasteiger charge is 2.40. The molecule has 0 amide bonds. The second-order valence-corrected chi connectivity index (χ2v) is 8.50. The molecule has 0 radical (unpaired) electrons. The average molecular weight is 408 g/mol. The van der Waals surface area contributed by atoms with Crippen molar-refractivity contribution < 1.29 is 9.47 Å². The van der Waals surface area contributed by atoms with Crippen LogP contribution < -0.4 is 14.8 Å². The van der Waals surface area contributed by atoms with Gasteiger partial charge in [0, 0.05) is 12.0 Å². The van der Waals surface area contributed by atoms with Crippen LogP contribution in [0.2, 0.25) is 0 Å². The first kappa shape index (κ1) is 18.3. The zero-order valence-electron chi connectivity index (χ0n) is 17.8. The summed E-state index contributed by atoms with van der Waals surface area (Å²) >= 11 is 0. The largest absolute Gasteiger partial charge is 0.497 e. The van der Waals surface area contributed by atoms with E-state index >= 15 is 0 Å². The van der Waals surface area contributed by atoms with Gasteiger partial charge >= 0.3 is 0 Å². The first-order valence-corrected chi connectivity index (χ1v) is 10.9. The van der Waals surface area contributed by atoms with Crippen LogP contribution in [-0.4, -0.2) is 14.2 Å². The standard InChI is InChI=1S/C28H25NO2/c1-30-19-15-24-22-12-7-13-23(22)28(29-27(24)25(16-19)31-2)26-20-10-5-3-8-17(20)14-18-9-4-6-11-21(18)26/h3-12,14-16,22-23,28-29H,13H2,1-2H3/t22-,23+,28-/m1/s1. The van der Waals surface area contributed by atoms with E-state index in [1.54, 1.807) is 14.2 Å². The Morgan fingerprint density at radius 2 is 1.55 bits per heavy atom. The number of benzene rings is 4. The minimum absolute atomic E-state index is 0.186. The van der Waals surface area contributed by atoms with Crippen molar-refractivity contribution in [3.63, 3.8) is 0 Å². The summed E-state index contributed by atoms with van der Waals surface area (Å²) in [6.45, 7) is 0. The van der Waals surface area contributed by atoms with Gasteiger partial charge in [0.05, 0.1) is 25.9 Å². The molecule has 3 heteroatoms. The van der Waals surface area contributed by atoms with Crippen molar-refractivity contribution in [3.05, 3.63) is 90.0 Å². The fourth-order valence-corrected chi connectivity index (χ4v) is 5.59.